The normalized spacial score (nSPS) is 15.8. The van der Waals surface area contributed by atoms with Crippen LogP contribution in [0, 0.1) is 0 Å². The molecule has 8 nitrogen and oxygen atoms in total. The minimum atomic E-state index is -4.35. The molecule has 0 aromatic carbocycles. The Kier molecular flexibility index (Phi) is 28.3. The first kappa shape index (κ1) is 44.7. The number of unbranched alkanes of at least 4 members (excludes halogenated alkanes) is 4. The van der Waals surface area contributed by atoms with Crippen molar-refractivity contribution in [2.24, 2.45) is 0 Å². The van der Waals surface area contributed by atoms with Gasteiger partial charge >= 0.3 is 7.82 Å². The molecule has 0 spiro atoms. The van der Waals surface area contributed by atoms with E-state index >= 15 is 0 Å². The van der Waals surface area contributed by atoms with E-state index in [4.69, 9.17) is 9.05 Å². The largest absolute Gasteiger partial charge is 0.472 e. The van der Waals surface area contributed by atoms with Crippen LogP contribution in [0.2, 0.25) is 0 Å². The maximum absolute atomic E-state index is 12.7. The molecule has 0 aliphatic heterocycles. The average molecular weight is 678 g/mol. The van der Waals surface area contributed by atoms with Crippen molar-refractivity contribution in [1.29, 1.82) is 0 Å². The number of likely N-dealkylation sites (N-methyl/N-ethyl adjacent to an activating group) is 1. The van der Waals surface area contributed by atoms with Gasteiger partial charge in [-0.25, -0.2) is 4.57 Å². The molecular weight excluding hydrogens is 611 g/mol. The summed E-state index contributed by atoms with van der Waals surface area (Å²) in [7, 11) is 1.49. The lowest BCUT2D eigenvalue weighted by Gasteiger charge is -2.25. The Hall–Kier alpha value is -2.32. The summed E-state index contributed by atoms with van der Waals surface area (Å²) < 4.78 is 23.3. The zero-order valence-electron chi connectivity index (χ0n) is 30.0. The fourth-order valence-electron chi connectivity index (χ4n) is 4.02. The molecule has 0 aromatic rings. The number of nitrogens with zero attached hydrogens (tertiary/aromatic N) is 1. The second-order valence-electron chi connectivity index (χ2n) is 12.5. The zero-order chi connectivity index (χ0) is 35.1. The third-order valence-corrected chi connectivity index (χ3v) is 7.83. The number of rotatable bonds is 29. The quantitative estimate of drug-likeness (QED) is 0.0317. The molecule has 0 saturated carbocycles. The number of hydrogen-bond acceptors (Lipinski definition) is 5. The van der Waals surface area contributed by atoms with Gasteiger partial charge in [0.15, 0.2) is 0 Å². The van der Waals surface area contributed by atoms with Crippen molar-refractivity contribution >= 4 is 13.7 Å². The van der Waals surface area contributed by atoms with Crippen LogP contribution in [0.25, 0.3) is 0 Å². The highest BCUT2D eigenvalue weighted by molar-refractivity contribution is 7.47. The van der Waals surface area contributed by atoms with Gasteiger partial charge in [-0.05, 0) is 64.2 Å². The first-order chi connectivity index (χ1) is 22.5. The molecule has 0 heterocycles. The highest BCUT2D eigenvalue weighted by Gasteiger charge is 2.27. The number of nitrogens with one attached hydrogen (secondary N) is 1. The van der Waals surface area contributed by atoms with E-state index in [1.807, 2.05) is 27.2 Å². The van der Waals surface area contributed by atoms with E-state index in [0.717, 1.165) is 64.2 Å². The Balaban J connectivity index is 4.67. The monoisotopic (exact) mass is 677 g/mol. The summed E-state index contributed by atoms with van der Waals surface area (Å²) in [6.07, 6.45) is 39.6. The minimum Gasteiger partial charge on any atom is -0.387 e. The lowest BCUT2D eigenvalue weighted by molar-refractivity contribution is -0.870. The van der Waals surface area contributed by atoms with E-state index in [-0.39, 0.29) is 25.5 Å². The van der Waals surface area contributed by atoms with Gasteiger partial charge in [0.1, 0.15) is 13.2 Å². The van der Waals surface area contributed by atoms with Crippen molar-refractivity contribution in [2.45, 2.75) is 109 Å². The standard InChI is InChI=1S/C38H65N2O6P/c1-6-8-10-12-14-16-17-18-19-20-21-22-23-24-26-28-30-32-38(42)39-36(35-46-47(43,44)45-34-33-40(3,4)5)37(41)31-29-27-25-15-13-11-9-7-2/h8,10,13-16,18-19,21-22,24,26,29,31,36-37,41H,6-7,9,11-12,17,20,23,25,27-28,30,32-35H2,1-5H3,(H-,39,42,43,44)/p+1/b10-8-,15-13+,16-14-,19-18-,22-21-,26-24-,31-29+. The van der Waals surface area contributed by atoms with Crippen molar-refractivity contribution in [1.82, 2.24) is 5.32 Å². The fourth-order valence-corrected chi connectivity index (χ4v) is 4.75. The summed E-state index contributed by atoms with van der Waals surface area (Å²) in [5, 5.41) is 13.6. The van der Waals surface area contributed by atoms with E-state index in [1.54, 1.807) is 6.08 Å². The van der Waals surface area contributed by atoms with Crippen molar-refractivity contribution in [3.8, 4) is 0 Å². The molecule has 9 heteroatoms. The molecule has 47 heavy (non-hydrogen) atoms. The summed E-state index contributed by atoms with van der Waals surface area (Å²) in [6.45, 7) is 4.50. The number of carbonyl (C=O) groups excluding carboxylic acids is 1. The van der Waals surface area contributed by atoms with Crippen LogP contribution in [0.15, 0.2) is 85.1 Å². The van der Waals surface area contributed by atoms with Crippen LogP contribution in [-0.4, -0.2) is 73.4 Å². The van der Waals surface area contributed by atoms with Gasteiger partial charge in [-0.15, -0.1) is 0 Å². The van der Waals surface area contributed by atoms with Crippen molar-refractivity contribution in [3.63, 3.8) is 0 Å². The number of amides is 1. The van der Waals surface area contributed by atoms with Crippen LogP contribution in [-0.2, 0) is 18.4 Å². The van der Waals surface area contributed by atoms with Crippen LogP contribution in [0.4, 0.5) is 0 Å². The molecule has 0 saturated heterocycles. The van der Waals surface area contributed by atoms with E-state index in [2.05, 4.69) is 92.1 Å². The Morgan fingerprint density at radius 2 is 1.26 bits per heavy atom. The van der Waals surface area contributed by atoms with Gasteiger partial charge in [0, 0.05) is 6.42 Å². The van der Waals surface area contributed by atoms with Crippen molar-refractivity contribution in [2.75, 3.05) is 40.9 Å². The van der Waals surface area contributed by atoms with Crippen molar-refractivity contribution in [3.05, 3.63) is 85.1 Å². The summed E-state index contributed by atoms with van der Waals surface area (Å²) in [4.78, 5) is 22.8. The van der Waals surface area contributed by atoms with Gasteiger partial charge in [-0.3, -0.25) is 13.8 Å². The molecule has 0 aromatic heterocycles. The zero-order valence-corrected chi connectivity index (χ0v) is 30.9. The highest BCUT2D eigenvalue weighted by Crippen LogP contribution is 2.43. The predicted octanol–water partition coefficient (Wildman–Crippen LogP) is 8.68. The molecule has 3 N–H and O–H groups in total. The molecule has 0 bridgehead atoms. The van der Waals surface area contributed by atoms with E-state index in [1.165, 1.54) is 6.42 Å². The Bertz CT molecular complexity index is 1040. The summed E-state index contributed by atoms with van der Waals surface area (Å²) >= 11 is 0. The number of hydrogen-bond donors (Lipinski definition) is 3. The second-order valence-corrected chi connectivity index (χ2v) is 13.9. The van der Waals surface area contributed by atoms with E-state index in [0.29, 0.717) is 17.4 Å². The Labute approximate surface area is 286 Å². The molecule has 3 atom stereocenters. The first-order valence-electron chi connectivity index (χ1n) is 17.5. The van der Waals surface area contributed by atoms with Gasteiger partial charge in [0.2, 0.25) is 5.91 Å². The van der Waals surface area contributed by atoms with Gasteiger partial charge in [0.05, 0.1) is 39.9 Å². The number of aliphatic hydroxyl groups is 1. The maximum atomic E-state index is 12.7. The Morgan fingerprint density at radius 3 is 1.83 bits per heavy atom. The number of quaternary nitrogens is 1. The van der Waals surface area contributed by atoms with Crippen LogP contribution < -0.4 is 5.32 Å². The third-order valence-electron chi connectivity index (χ3n) is 6.85. The van der Waals surface area contributed by atoms with E-state index in [9.17, 15) is 19.4 Å². The van der Waals surface area contributed by atoms with Crippen LogP contribution in [0.5, 0.6) is 0 Å². The number of allylic oxidation sites excluding steroid dienone is 13. The number of carbonyl (C=O) groups is 1. The van der Waals surface area contributed by atoms with Crippen LogP contribution in [0.1, 0.15) is 97.3 Å². The smallest absolute Gasteiger partial charge is 0.387 e. The SMILES string of the molecule is CC/C=C\C/C=C\C/C=C\C/C=C\C/C=C\CCCC(=O)NC(COP(=O)(O)OCC[N+](C)(C)C)C(O)/C=C/CC/C=C/CCCC. The number of phosphoric ester groups is 1. The maximum Gasteiger partial charge on any atom is 0.472 e. The second kappa shape index (κ2) is 29.8. The molecule has 268 valence electrons. The van der Waals surface area contributed by atoms with Crippen LogP contribution >= 0.6 is 7.82 Å². The van der Waals surface area contributed by atoms with Crippen molar-refractivity contribution < 1.29 is 32.9 Å². The minimum absolute atomic E-state index is 0.0400. The highest BCUT2D eigenvalue weighted by atomic mass is 31.2. The lowest BCUT2D eigenvalue weighted by Crippen LogP contribution is -2.45. The summed E-state index contributed by atoms with van der Waals surface area (Å²) in [5.41, 5.74) is 0. The number of phosphoric acid groups is 1. The average Bonchev–Trinajstić information content (AvgIpc) is 3.01. The van der Waals surface area contributed by atoms with Crippen LogP contribution in [0.3, 0.4) is 0 Å². The molecule has 0 aliphatic rings. The van der Waals surface area contributed by atoms with Gasteiger partial charge in [0.25, 0.3) is 0 Å². The predicted molar refractivity (Wildman–Crippen MR) is 198 cm³/mol. The molecule has 3 unspecified atom stereocenters. The molecule has 0 rings (SSSR count). The number of aliphatic hydroxyl groups excluding tert-OH is 1. The third kappa shape index (κ3) is 32.0. The molecule has 0 radical (unpaired) electrons. The fraction of sp³-hybridized carbons (Fsp3) is 0.605. The van der Waals surface area contributed by atoms with E-state index < -0.39 is 20.0 Å². The molecule has 1 amide bonds. The molecule has 0 fully saturated rings. The summed E-state index contributed by atoms with van der Waals surface area (Å²) in [5.74, 6) is -0.254. The first-order valence-corrected chi connectivity index (χ1v) is 19.0. The molecule has 0 aliphatic carbocycles. The Morgan fingerprint density at radius 1 is 0.745 bits per heavy atom. The summed E-state index contributed by atoms with van der Waals surface area (Å²) in [6, 6.07) is -0.894. The van der Waals surface area contributed by atoms with Gasteiger partial charge in [-0.2, -0.15) is 0 Å². The molecular formula is C38H66N2O6P+. The van der Waals surface area contributed by atoms with Gasteiger partial charge in [-0.1, -0.05) is 112 Å². The van der Waals surface area contributed by atoms with Gasteiger partial charge < -0.3 is 19.8 Å². The topological polar surface area (TPSA) is 105 Å². The lowest BCUT2D eigenvalue weighted by atomic mass is 10.1.